The smallest absolute Gasteiger partial charge is 0.202 e. The molecule has 0 amide bonds. The monoisotopic (exact) mass is 470 g/mol. The normalized spacial score (nSPS) is 21.7. The molecule has 182 valence electrons. The van der Waals surface area contributed by atoms with Gasteiger partial charge >= 0.3 is 0 Å². The molecular weight excluding hydrogens is 440 g/mol. The fraction of sp³-hybridized carbons (Fsp3) is 0.423. The van der Waals surface area contributed by atoms with E-state index in [1.807, 2.05) is 13.8 Å². The highest BCUT2D eigenvalue weighted by Crippen LogP contribution is 2.51. The number of carbonyl (C=O) groups excluding carboxylic acids is 1. The topological polar surface area (TPSA) is 126 Å². The maximum atomic E-state index is 13.3. The molecule has 4 rings (SSSR count). The molecule has 0 spiro atoms. The predicted molar refractivity (Wildman–Crippen MR) is 125 cm³/mol. The number of benzene rings is 2. The van der Waals surface area contributed by atoms with Crippen LogP contribution in [0.4, 0.5) is 0 Å². The summed E-state index contributed by atoms with van der Waals surface area (Å²) < 4.78 is 17.5. The number of Topliss-reactive ketones (excluding diaryl/α,β-unsaturated/α-hetero) is 1. The Kier molecular flexibility index (Phi) is 5.88. The van der Waals surface area contributed by atoms with Crippen molar-refractivity contribution < 1.29 is 39.4 Å². The van der Waals surface area contributed by atoms with E-state index in [1.54, 1.807) is 36.4 Å². The summed E-state index contributed by atoms with van der Waals surface area (Å²) in [4.78, 5) is 13.3. The molecule has 8 heteroatoms. The minimum atomic E-state index is -1.57. The van der Waals surface area contributed by atoms with Crippen molar-refractivity contribution in [1.29, 1.82) is 0 Å². The zero-order valence-electron chi connectivity index (χ0n) is 19.8. The zero-order chi connectivity index (χ0) is 25.0. The Labute approximate surface area is 198 Å². The zero-order valence-corrected chi connectivity index (χ0v) is 19.8. The van der Waals surface area contributed by atoms with E-state index in [9.17, 15) is 25.2 Å². The van der Waals surface area contributed by atoms with Gasteiger partial charge in [0.25, 0.3) is 0 Å². The number of phenols is 1. The van der Waals surface area contributed by atoms with E-state index in [2.05, 4.69) is 0 Å². The highest BCUT2D eigenvalue weighted by molar-refractivity contribution is 6.07. The number of fused-ring (bicyclic) bond motifs is 2. The molecule has 0 fully saturated rings. The van der Waals surface area contributed by atoms with Gasteiger partial charge in [0.2, 0.25) is 5.78 Å². The van der Waals surface area contributed by atoms with E-state index >= 15 is 0 Å². The molecule has 2 aliphatic rings. The largest absolute Gasteiger partial charge is 0.506 e. The molecule has 8 nitrogen and oxygen atoms in total. The third kappa shape index (κ3) is 4.13. The quantitative estimate of drug-likeness (QED) is 0.526. The Morgan fingerprint density at radius 1 is 1.18 bits per heavy atom. The van der Waals surface area contributed by atoms with Crippen molar-refractivity contribution in [1.82, 2.24) is 0 Å². The Morgan fingerprint density at radius 2 is 1.82 bits per heavy atom. The number of methoxy groups -OCH3 is 1. The van der Waals surface area contributed by atoms with E-state index in [4.69, 9.17) is 14.2 Å². The number of aliphatic hydroxyl groups excluding tert-OH is 2. The first-order valence-corrected chi connectivity index (χ1v) is 11.1. The lowest BCUT2D eigenvalue weighted by Gasteiger charge is -2.37. The van der Waals surface area contributed by atoms with Crippen LogP contribution >= 0.6 is 0 Å². The van der Waals surface area contributed by atoms with Gasteiger partial charge < -0.3 is 34.6 Å². The molecule has 0 radical (unpaired) electrons. The van der Waals surface area contributed by atoms with Gasteiger partial charge in [0.1, 0.15) is 34.2 Å². The van der Waals surface area contributed by atoms with Gasteiger partial charge in [-0.3, -0.25) is 4.79 Å². The van der Waals surface area contributed by atoms with Crippen LogP contribution in [0.2, 0.25) is 0 Å². The van der Waals surface area contributed by atoms with Gasteiger partial charge in [-0.2, -0.15) is 0 Å². The summed E-state index contributed by atoms with van der Waals surface area (Å²) in [6.45, 7) is 6.60. The van der Waals surface area contributed by atoms with Gasteiger partial charge in [-0.15, -0.1) is 0 Å². The fourth-order valence-corrected chi connectivity index (χ4v) is 4.13. The molecule has 3 atom stereocenters. The molecular formula is C26H30O8. The van der Waals surface area contributed by atoms with Crippen LogP contribution in [0.25, 0.3) is 6.08 Å². The third-order valence-electron chi connectivity index (χ3n) is 6.23. The first-order chi connectivity index (χ1) is 15.8. The van der Waals surface area contributed by atoms with Crippen LogP contribution in [-0.4, -0.2) is 56.7 Å². The molecule has 34 heavy (non-hydrogen) atoms. The van der Waals surface area contributed by atoms with Crippen LogP contribution < -0.4 is 14.2 Å². The van der Waals surface area contributed by atoms with E-state index < -0.39 is 35.3 Å². The highest BCUT2D eigenvalue weighted by Gasteiger charge is 2.44. The number of carbonyl (C=O) groups is 1. The number of rotatable bonds is 5. The van der Waals surface area contributed by atoms with Gasteiger partial charge in [-0.05, 0) is 57.5 Å². The molecule has 2 aromatic rings. The summed E-state index contributed by atoms with van der Waals surface area (Å²) >= 11 is 0. The minimum absolute atomic E-state index is 0.0155. The molecule has 0 aliphatic carbocycles. The lowest BCUT2D eigenvalue weighted by atomic mass is 9.85. The Hall–Kier alpha value is -3.07. The fourth-order valence-electron chi connectivity index (χ4n) is 4.13. The van der Waals surface area contributed by atoms with Gasteiger partial charge in [0.15, 0.2) is 12.2 Å². The molecule has 4 N–H and O–H groups in total. The lowest BCUT2D eigenvalue weighted by molar-refractivity contribution is -0.0479. The highest BCUT2D eigenvalue weighted by atomic mass is 16.5. The molecule has 2 aliphatic heterocycles. The Bertz CT molecular complexity index is 1140. The number of ketones is 1. The number of aromatic hydroxyl groups is 1. The maximum absolute atomic E-state index is 13.3. The van der Waals surface area contributed by atoms with Crippen molar-refractivity contribution in [2.75, 3.05) is 7.11 Å². The number of hydrogen-bond acceptors (Lipinski definition) is 8. The molecule has 0 saturated carbocycles. The summed E-state index contributed by atoms with van der Waals surface area (Å²) in [6, 6.07) is 6.73. The van der Waals surface area contributed by atoms with Crippen LogP contribution in [0.3, 0.4) is 0 Å². The molecule has 3 unspecified atom stereocenters. The maximum Gasteiger partial charge on any atom is 0.202 e. The second-order valence-corrected chi connectivity index (χ2v) is 9.81. The average Bonchev–Trinajstić information content (AvgIpc) is 2.77. The van der Waals surface area contributed by atoms with Crippen molar-refractivity contribution in [2.45, 2.75) is 63.6 Å². The van der Waals surface area contributed by atoms with Gasteiger partial charge in [-0.25, -0.2) is 0 Å². The molecule has 0 aromatic heterocycles. The van der Waals surface area contributed by atoms with Crippen LogP contribution in [-0.2, 0) is 6.42 Å². The van der Waals surface area contributed by atoms with E-state index in [0.29, 0.717) is 16.9 Å². The molecule has 0 bridgehead atoms. The Balaban J connectivity index is 1.91. The molecule has 2 aromatic carbocycles. The van der Waals surface area contributed by atoms with E-state index in [0.717, 1.165) is 0 Å². The SMILES string of the molecule is COc1ccc(C2Oc3c(CC(O)C(C)(C)O)c4c(c(O)c3C(=O)C2O)C=CC(C)(C)O4)cc1. The van der Waals surface area contributed by atoms with Crippen LogP contribution in [0.15, 0.2) is 30.3 Å². The van der Waals surface area contributed by atoms with Crippen LogP contribution in [0.1, 0.15) is 60.8 Å². The summed E-state index contributed by atoms with van der Waals surface area (Å²) in [7, 11) is 1.53. The average molecular weight is 471 g/mol. The van der Waals surface area contributed by atoms with Crippen molar-refractivity contribution in [3.05, 3.63) is 52.6 Å². The summed E-state index contributed by atoms with van der Waals surface area (Å²) in [5, 5.41) is 42.9. The van der Waals surface area contributed by atoms with E-state index in [-0.39, 0.29) is 34.8 Å². The Morgan fingerprint density at radius 3 is 2.41 bits per heavy atom. The first kappa shape index (κ1) is 24.1. The predicted octanol–water partition coefficient (Wildman–Crippen LogP) is 2.94. The summed E-state index contributed by atoms with van der Waals surface area (Å²) in [6.07, 6.45) is -0.591. The number of phenolic OH excluding ortho intramolecular Hbond substituents is 1. The first-order valence-electron chi connectivity index (χ1n) is 11.1. The van der Waals surface area contributed by atoms with Crippen molar-refractivity contribution in [3.8, 4) is 23.0 Å². The van der Waals surface area contributed by atoms with Crippen molar-refractivity contribution in [3.63, 3.8) is 0 Å². The second-order valence-electron chi connectivity index (χ2n) is 9.81. The summed E-state index contributed by atoms with van der Waals surface area (Å²) in [5.41, 5.74) is -1.25. The van der Waals surface area contributed by atoms with Crippen LogP contribution in [0.5, 0.6) is 23.0 Å². The number of ether oxygens (including phenoxy) is 3. The molecule has 2 heterocycles. The lowest BCUT2D eigenvalue weighted by Crippen LogP contribution is -2.40. The van der Waals surface area contributed by atoms with Gasteiger partial charge in [0, 0.05) is 12.0 Å². The number of aliphatic hydroxyl groups is 3. The third-order valence-corrected chi connectivity index (χ3v) is 6.23. The van der Waals surface area contributed by atoms with Crippen LogP contribution in [0, 0.1) is 0 Å². The minimum Gasteiger partial charge on any atom is -0.506 e. The molecule has 0 saturated heterocycles. The second kappa shape index (κ2) is 8.30. The summed E-state index contributed by atoms with van der Waals surface area (Å²) in [5.74, 6) is -0.203. The van der Waals surface area contributed by atoms with Crippen molar-refractivity contribution in [2.24, 2.45) is 0 Å². The standard InChI is InChI=1S/C26H30O8/c1-25(2)11-10-15-19(28)18-20(29)21(30)22(13-6-8-14(32-5)9-7-13)33-24(18)16(23(15)34-25)12-17(27)26(3,4)31/h6-11,17,21-22,27-28,30-31H,12H2,1-5H3. The number of hydrogen-bond donors (Lipinski definition) is 4. The van der Waals surface area contributed by atoms with Gasteiger partial charge in [-0.1, -0.05) is 12.1 Å². The van der Waals surface area contributed by atoms with Gasteiger partial charge in [0.05, 0.1) is 24.4 Å². The van der Waals surface area contributed by atoms with E-state index in [1.165, 1.54) is 21.0 Å². The van der Waals surface area contributed by atoms with Crippen molar-refractivity contribution >= 4 is 11.9 Å².